The summed E-state index contributed by atoms with van der Waals surface area (Å²) in [6.07, 6.45) is 1.37. The van der Waals surface area contributed by atoms with Crippen LogP contribution in [0.25, 0.3) is 0 Å². The number of nitrogens with one attached hydrogen (secondary N) is 1. The first kappa shape index (κ1) is 17.8. The van der Waals surface area contributed by atoms with E-state index in [-0.39, 0.29) is 12.5 Å². The fraction of sp³-hybridized carbons (Fsp3) is 0.533. The summed E-state index contributed by atoms with van der Waals surface area (Å²) in [6.45, 7) is 4.28. The third kappa shape index (κ3) is 6.33. The van der Waals surface area contributed by atoms with Crippen molar-refractivity contribution >= 4 is 23.2 Å². The van der Waals surface area contributed by atoms with Crippen molar-refractivity contribution in [3.63, 3.8) is 0 Å². The number of carbonyl (C=O) groups excluding carboxylic acids is 1. The van der Waals surface area contributed by atoms with Gasteiger partial charge in [-0.15, -0.1) is 0 Å². The lowest BCUT2D eigenvalue weighted by molar-refractivity contribution is -0.116. The van der Waals surface area contributed by atoms with Gasteiger partial charge in [0.15, 0.2) is 0 Å². The van der Waals surface area contributed by atoms with Crippen LogP contribution in [0, 0.1) is 0 Å². The predicted octanol–water partition coefficient (Wildman–Crippen LogP) is 2.38. The fourth-order valence-electron chi connectivity index (χ4n) is 2.02. The summed E-state index contributed by atoms with van der Waals surface area (Å²) in [6, 6.07) is 5.13. The minimum Gasteiger partial charge on any atom is -0.495 e. The van der Waals surface area contributed by atoms with Crippen LogP contribution in [0.4, 0.5) is 5.69 Å². The molecule has 2 N–H and O–H groups in total. The normalized spacial score (nSPS) is 10.7. The van der Waals surface area contributed by atoms with Crippen LogP contribution in [-0.2, 0) is 4.79 Å². The Bertz CT molecular complexity index is 449. The number of hydrogen-bond donors (Lipinski definition) is 2. The molecule has 1 aromatic rings. The first-order valence-electron chi connectivity index (χ1n) is 7.07. The van der Waals surface area contributed by atoms with Crippen LogP contribution in [0.5, 0.6) is 5.75 Å². The number of halogens is 1. The second-order valence-corrected chi connectivity index (χ2v) is 5.12. The van der Waals surface area contributed by atoms with Gasteiger partial charge < -0.3 is 20.1 Å². The van der Waals surface area contributed by atoms with Crippen molar-refractivity contribution in [2.45, 2.75) is 19.8 Å². The van der Waals surface area contributed by atoms with Gasteiger partial charge in [-0.1, -0.05) is 18.5 Å². The molecule has 0 bridgehead atoms. The minimum atomic E-state index is -0.0738. The number of rotatable bonds is 9. The molecule has 118 valence electrons. The van der Waals surface area contributed by atoms with Gasteiger partial charge in [-0.05, 0) is 31.2 Å². The summed E-state index contributed by atoms with van der Waals surface area (Å²) in [5, 5.41) is 12.2. The van der Waals surface area contributed by atoms with E-state index in [1.165, 1.54) is 0 Å². The molecule has 6 heteroatoms. The molecule has 5 nitrogen and oxygen atoms in total. The molecule has 0 aromatic heterocycles. The van der Waals surface area contributed by atoms with E-state index in [4.69, 9.17) is 21.4 Å². The lowest BCUT2D eigenvalue weighted by Crippen LogP contribution is -2.31. The number of hydrogen-bond acceptors (Lipinski definition) is 4. The highest BCUT2D eigenvalue weighted by Crippen LogP contribution is 2.27. The molecule has 21 heavy (non-hydrogen) atoms. The van der Waals surface area contributed by atoms with Crippen molar-refractivity contribution in [1.82, 2.24) is 4.90 Å². The van der Waals surface area contributed by atoms with E-state index >= 15 is 0 Å². The van der Waals surface area contributed by atoms with Gasteiger partial charge in [0.25, 0.3) is 0 Å². The summed E-state index contributed by atoms with van der Waals surface area (Å²) in [5.74, 6) is 0.502. The number of nitrogens with zero attached hydrogens (tertiary/aromatic N) is 1. The SMILES string of the molecule is CCCN(CCO)CCC(=O)Nc1ccc(OC)c(Cl)c1. The van der Waals surface area contributed by atoms with Crippen molar-refractivity contribution in [2.75, 3.05) is 38.7 Å². The van der Waals surface area contributed by atoms with E-state index in [9.17, 15) is 4.79 Å². The Morgan fingerprint density at radius 3 is 2.71 bits per heavy atom. The van der Waals surface area contributed by atoms with Crippen LogP contribution in [-0.4, -0.2) is 49.3 Å². The Labute approximate surface area is 130 Å². The fourth-order valence-corrected chi connectivity index (χ4v) is 2.28. The number of ether oxygens (including phenoxy) is 1. The number of benzene rings is 1. The highest BCUT2D eigenvalue weighted by Gasteiger charge is 2.09. The monoisotopic (exact) mass is 314 g/mol. The third-order valence-electron chi connectivity index (χ3n) is 3.05. The molecular weight excluding hydrogens is 292 g/mol. The molecule has 1 aromatic carbocycles. The number of methoxy groups -OCH3 is 1. The first-order chi connectivity index (χ1) is 10.1. The molecular formula is C15H23ClN2O3. The van der Waals surface area contributed by atoms with Crippen LogP contribution >= 0.6 is 11.6 Å². The zero-order valence-electron chi connectivity index (χ0n) is 12.6. The van der Waals surface area contributed by atoms with E-state index in [2.05, 4.69) is 17.1 Å². The Kier molecular flexibility index (Phi) is 8.12. The molecule has 0 unspecified atom stereocenters. The molecule has 0 aliphatic rings. The molecule has 1 rings (SSSR count). The topological polar surface area (TPSA) is 61.8 Å². The zero-order valence-corrected chi connectivity index (χ0v) is 13.3. The van der Waals surface area contributed by atoms with E-state index in [0.29, 0.717) is 36.0 Å². The lowest BCUT2D eigenvalue weighted by Gasteiger charge is -2.20. The van der Waals surface area contributed by atoms with Gasteiger partial charge in [0.1, 0.15) is 5.75 Å². The lowest BCUT2D eigenvalue weighted by atomic mass is 10.2. The Morgan fingerprint density at radius 2 is 2.14 bits per heavy atom. The molecule has 0 radical (unpaired) electrons. The summed E-state index contributed by atoms with van der Waals surface area (Å²) < 4.78 is 5.06. The number of aliphatic hydroxyl groups excluding tert-OH is 1. The zero-order chi connectivity index (χ0) is 15.7. The molecule has 0 atom stereocenters. The molecule has 0 fully saturated rings. The van der Waals surface area contributed by atoms with Crippen LogP contribution in [0.3, 0.4) is 0 Å². The Morgan fingerprint density at radius 1 is 1.38 bits per heavy atom. The van der Waals surface area contributed by atoms with E-state index < -0.39 is 0 Å². The average molecular weight is 315 g/mol. The van der Waals surface area contributed by atoms with Crippen molar-refractivity contribution in [3.05, 3.63) is 23.2 Å². The number of aliphatic hydroxyl groups is 1. The molecule has 0 spiro atoms. The van der Waals surface area contributed by atoms with Crippen molar-refractivity contribution in [2.24, 2.45) is 0 Å². The summed E-state index contributed by atoms with van der Waals surface area (Å²) in [5.41, 5.74) is 0.648. The molecule has 0 saturated heterocycles. The Balaban J connectivity index is 2.47. The third-order valence-corrected chi connectivity index (χ3v) is 3.34. The van der Waals surface area contributed by atoms with Gasteiger partial charge in [-0.3, -0.25) is 4.79 Å². The summed E-state index contributed by atoms with van der Waals surface area (Å²) >= 11 is 6.01. The highest BCUT2D eigenvalue weighted by molar-refractivity contribution is 6.32. The number of anilines is 1. The van der Waals surface area contributed by atoms with Crippen LogP contribution in [0.2, 0.25) is 5.02 Å². The summed E-state index contributed by atoms with van der Waals surface area (Å²) in [4.78, 5) is 14.0. The van der Waals surface area contributed by atoms with Gasteiger partial charge in [0, 0.05) is 25.2 Å². The smallest absolute Gasteiger partial charge is 0.225 e. The first-order valence-corrected chi connectivity index (χ1v) is 7.45. The van der Waals surface area contributed by atoms with Crippen LogP contribution in [0.1, 0.15) is 19.8 Å². The minimum absolute atomic E-state index is 0.0738. The molecule has 0 aliphatic heterocycles. The molecule has 0 saturated carbocycles. The van der Waals surface area contributed by atoms with Crippen molar-refractivity contribution in [3.8, 4) is 5.75 Å². The standard InChI is InChI=1S/C15H23ClN2O3/c1-3-7-18(9-10-19)8-6-15(20)17-12-4-5-14(21-2)13(16)11-12/h4-5,11,19H,3,6-10H2,1-2H3,(H,17,20). The van der Waals surface area contributed by atoms with Gasteiger partial charge >= 0.3 is 0 Å². The number of amides is 1. The second-order valence-electron chi connectivity index (χ2n) is 4.71. The summed E-state index contributed by atoms with van der Waals surface area (Å²) in [7, 11) is 1.54. The van der Waals surface area contributed by atoms with Gasteiger partial charge in [0.05, 0.1) is 18.7 Å². The maximum absolute atomic E-state index is 11.9. The van der Waals surface area contributed by atoms with E-state index in [1.54, 1.807) is 25.3 Å². The second kappa shape index (κ2) is 9.60. The van der Waals surface area contributed by atoms with Gasteiger partial charge in [-0.2, -0.15) is 0 Å². The largest absolute Gasteiger partial charge is 0.495 e. The van der Waals surface area contributed by atoms with Crippen molar-refractivity contribution < 1.29 is 14.6 Å². The average Bonchev–Trinajstić information content (AvgIpc) is 2.45. The van der Waals surface area contributed by atoms with E-state index in [0.717, 1.165) is 13.0 Å². The van der Waals surface area contributed by atoms with Gasteiger partial charge in [0.2, 0.25) is 5.91 Å². The molecule has 1 amide bonds. The quantitative estimate of drug-likeness (QED) is 0.734. The Hall–Kier alpha value is -1.30. The maximum atomic E-state index is 11.9. The van der Waals surface area contributed by atoms with Crippen LogP contribution < -0.4 is 10.1 Å². The van der Waals surface area contributed by atoms with Crippen molar-refractivity contribution in [1.29, 1.82) is 0 Å². The maximum Gasteiger partial charge on any atom is 0.225 e. The van der Waals surface area contributed by atoms with Gasteiger partial charge in [-0.25, -0.2) is 0 Å². The van der Waals surface area contributed by atoms with E-state index in [1.807, 2.05) is 0 Å². The highest BCUT2D eigenvalue weighted by atomic mass is 35.5. The number of carbonyl (C=O) groups is 1. The predicted molar refractivity (Wildman–Crippen MR) is 85.1 cm³/mol. The van der Waals surface area contributed by atoms with Crippen LogP contribution in [0.15, 0.2) is 18.2 Å². The molecule has 0 aliphatic carbocycles. The molecule has 0 heterocycles.